The minimum atomic E-state index is -3.78. The second-order valence-corrected chi connectivity index (χ2v) is 9.25. The topological polar surface area (TPSA) is 102 Å². The summed E-state index contributed by atoms with van der Waals surface area (Å²) in [6.07, 6.45) is -0.577. The molecule has 2 rings (SSSR count). The van der Waals surface area contributed by atoms with Gasteiger partial charge in [-0.1, -0.05) is 17.7 Å². The molecule has 0 bridgehead atoms. The number of rotatable bonds is 4. The number of methoxy groups -OCH3 is 1. The molecule has 2 atom stereocenters. The highest BCUT2D eigenvalue weighted by Gasteiger charge is 2.43. The number of hydrogen-bond donors (Lipinski definition) is 1. The second kappa shape index (κ2) is 7.85. The van der Waals surface area contributed by atoms with Gasteiger partial charge < -0.3 is 9.47 Å². The van der Waals surface area contributed by atoms with Gasteiger partial charge in [0.25, 0.3) is 0 Å². The summed E-state index contributed by atoms with van der Waals surface area (Å²) in [5, 5.41) is 0. The standard InChI is InChI=1S/C18H26N2O6S/c1-12-6-8-14(9-7-12)27(23,24)19-13-10-15(16(21)25-5)20(11-13)17(22)26-18(2,3)4/h6-9,13,15,19H,10-11H2,1-5H3/t13-,15+/m0/s1. The van der Waals surface area contributed by atoms with E-state index in [1.165, 1.54) is 24.1 Å². The molecule has 0 saturated carbocycles. The number of carbonyl (C=O) groups excluding carboxylic acids is 2. The van der Waals surface area contributed by atoms with Crippen LogP contribution in [0.4, 0.5) is 4.79 Å². The molecular weight excluding hydrogens is 372 g/mol. The number of ether oxygens (including phenoxy) is 2. The zero-order valence-electron chi connectivity index (χ0n) is 16.2. The molecule has 27 heavy (non-hydrogen) atoms. The Labute approximate surface area is 159 Å². The van der Waals surface area contributed by atoms with Gasteiger partial charge in [0.2, 0.25) is 10.0 Å². The average Bonchev–Trinajstić information content (AvgIpc) is 2.96. The molecule has 1 fully saturated rings. The molecule has 1 aliphatic heterocycles. The minimum Gasteiger partial charge on any atom is -0.467 e. The molecule has 9 heteroatoms. The summed E-state index contributed by atoms with van der Waals surface area (Å²) in [6.45, 7) is 7.02. The molecule has 1 saturated heterocycles. The first kappa shape index (κ1) is 21.2. The molecule has 1 N–H and O–H groups in total. The van der Waals surface area contributed by atoms with Gasteiger partial charge in [0.15, 0.2) is 0 Å². The number of nitrogens with one attached hydrogen (secondary N) is 1. The maximum atomic E-state index is 12.6. The molecule has 0 spiro atoms. The van der Waals surface area contributed by atoms with Gasteiger partial charge in [-0.15, -0.1) is 0 Å². The lowest BCUT2D eigenvalue weighted by atomic mass is 10.2. The Hall–Kier alpha value is -2.13. The van der Waals surface area contributed by atoms with Crippen LogP contribution in [0.2, 0.25) is 0 Å². The second-order valence-electron chi connectivity index (χ2n) is 7.54. The van der Waals surface area contributed by atoms with Crippen LogP contribution in [0.3, 0.4) is 0 Å². The van der Waals surface area contributed by atoms with E-state index in [1.54, 1.807) is 32.9 Å². The van der Waals surface area contributed by atoms with Crippen molar-refractivity contribution in [2.75, 3.05) is 13.7 Å². The van der Waals surface area contributed by atoms with Gasteiger partial charge >= 0.3 is 12.1 Å². The van der Waals surface area contributed by atoms with E-state index in [1.807, 2.05) is 6.92 Å². The van der Waals surface area contributed by atoms with Gasteiger partial charge in [0.1, 0.15) is 11.6 Å². The van der Waals surface area contributed by atoms with E-state index in [0.29, 0.717) is 0 Å². The van der Waals surface area contributed by atoms with Crippen LogP contribution in [0, 0.1) is 6.92 Å². The SMILES string of the molecule is COC(=O)[C@H]1C[C@H](NS(=O)(=O)c2ccc(C)cc2)CN1C(=O)OC(C)(C)C. The Bertz CT molecular complexity index is 798. The van der Waals surface area contributed by atoms with E-state index in [4.69, 9.17) is 9.47 Å². The number of esters is 1. The van der Waals surface area contributed by atoms with Crippen LogP contribution in [0.15, 0.2) is 29.2 Å². The van der Waals surface area contributed by atoms with E-state index in [2.05, 4.69) is 4.72 Å². The number of benzene rings is 1. The van der Waals surface area contributed by atoms with Crippen molar-refractivity contribution in [3.05, 3.63) is 29.8 Å². The van der Waals surface area contributed by atoms with Crippen molar-refractivity contribution >= 4 is 22.1 Å². The van der Waals surface area contributed by atoms with Crippen LogP contribution in [0.5, 0.6) is 0 Å². The molecular formula is C18H26N2O6S. The van der Waals surface area contributed by atoms with E-state index >= 15 is 0 Å². The Kier molecular flexibility index (Phi) is 6.16. The van der Waals surface area contributed by atoms with Crippen LogP contribution in [0.1, 0.15) is 32.8 Å². The predicted molar refractivity (Wildman–Crippen MR) is 98.6 cm³/mol. The van der Waals surface area contributed by atoms with Gasteiger partial charge in [-0.05, 0) is 46.2 Å². The minimum absolute atomic E-state index is 0.0137. The van der Waals surface area contributed by atoms with Crippen molar-refractivity contribution in [1.82, 2.24) is 9.62 Å². The van der Waals surface area contributed by atoms with Gasteiger partial charge in [-0.3, -0.25) is 4.90 Å². The van der Waals surface area contributed by atoms with Crippen molar-refractivity contribution in [3.8, 4) is 0 Å². The molecule has 1 aliphatic rings. The van der Waals surface area contributed by atoms with Crippen molar-refractivity contribution in [2.24, 2.45) is 0 Å². The molecule has 1 heterocycles. The number of carbonyl (C=O) groups is 2. The Morgan fingerprint density at radius 2 is 1.78 bits per heavy atom. The fourth-order valence-corrected chi connectivity index (χ4v) is 4.05. The lowest BCUT2D eigenvalue weighted by Crippen LogP contribution is -2.44. The zero-order valence-corrected chi connectivity index (χ0v) is 17.0. The fourth-order valence-electron chi connectivity index (χ4n) is 2.81. The van der Waals surface area contributed by atoms with E-state index in [9.17, 15) is 18.0 Å². The molecule has 150 valence electrons. The van der Waals surface area contributed by atoms with Crippen molar-refractivity contribution < 1.29 is 27.5 Å². The smallest absolute Gasteiger partial charge is 0.411 e. The first-order valence-electron chi connectivity index (χ1n) is 8.59. The maximum absolute atomic E-state index is 12.6. The van der Waals surface area contributed by atoms with E-state index in [-0.39, 0.29) is 17.9 Å². The number of likely N-dealkylation sites (tertiary alicyclic amines) is 1. The van der Waals surface area contributed by atoms with Gasteiger partial charge in [-0.25, -0.2) is 22.7 Å². The summed E-state index contributed by atoms with van der Waals surface area (Å²) in [5.74, 6) is -0.613. The third-order valence-corrected chi connectivity index (χ3v) is 5.59. The highest BCUT2D eigenvalue weighted by Crippen LogP contribution is 2.24. The van der Waals surface area contributed by atoms with Gasteiger partial charge in [-0.2, -0.15) is 0 Å². The van der Waals surface area contributed by atoms with E-state index in [0.717, 1.165) is 5.56 Å². The molecule has 0 aromatic heterocycles. The van der Waals surface area contributed by atoms with Crippen LogP contribution >= 0.6 is 0 Å². The van der Waals surface area contributed by atoms with Crippen molar-refractivity contribution in [3.63, 3.8) is 0 Å². The summed E-state index contributed by atoms with van der Waals surface area (Å²) in [5.41, 5.74) is 0.203. The molecule has 8 nitrogen and oxygen atoms in total. The van der Waals surface area contributed by atoms with Gasteiger partial charge in [0.05, 0.1) is 12.0 Å². The number of aryl methyl sites for hydroxylation is 1. The Balaban J connectivity index is 2.18. The fraction of sp³-hybridized carbons (Fsp3) is 0.556. The van der Waals surface area contributed by atoms with Crippen molar-refractivity contribution in [1.29, 1.82) is 0 Å². The third kappa shape index (κ3) is 5.43. The molecule has 1 amide bonds. The predicted octanol–water partition coefficient (Wildman–Crippen LogP) is 1.82. The molecule has 0 aliphatic carbocycles. The molecule has 0 radical (unpaired) electrons. The van der Waals surface area contributed by atoms with Crippen LogP contribution < -0.4 is 4.72 Å². The number of sulfonamides is 1. The van der Waals surface area contributed by atoms with Gasteiger partial charge in [0, 0.05) is 12.6 Å². The van der Waals surface area contributed by atoms with Crippen molar-refractivity contribution in [2.45, 2.75) is 56.7 Å². The van der Waals surface area contributed by atoms with Crippen LogP contribution in [-0.2, 0) is 24.3 Å². The largest absolute Gasteiger partial charge is 0.467 e. The lowest BCUT2D eigenvalue weighted by Gasteiger charge is -2.27. The van der Waals surface area contributed by atoms with Crippen LogP contribution in [-0.4, -0.2) is 56.7 Å². The summed E-state index contributed by atoms with van der Waals surface area (Å²) in [6, 6.07) is 4.89. The highest BCUT2D eigenvalue weighted by atomic mass is 32.2. The summed E-state index contributed by atoms with van der Waals surface area (Å²) >= 11 is 0. The summed E-state index contributed by atoms with van der Waals surface area (Å²) in [7, 11) is -2.56. The van der Waals surface area contributed by atoms with E-state index < -0.39 is 39.8 Å². The average molecular weight is 398 g/mol. The number of nitrogens with zero attached hydrogens (tertiary/aromatic N) is 1. The van der Waals surface area contributed by atoms with Crippen LogP contribution in [0.25, 0.3) is 0 Å². The molecule has 1 aromatic carbocycles. The Morgan fingerprint density at radius 3 is 2.30 bits per heavy atom. The monoisotopic (exact) mass is 398 g/mol. The normalized spacial score (nSPS) is 20.4. The molecule has 0 unspecified atom stereocenters. The highest BCUT2D eigenvalue weighted by molar-refractivity contribution is 7.89. The zero-order chi connectivity index (χ0) is 20.4. The summed E-state index contributed by atoms with van der Waals surface area (Å²) in [4.78, 5) is 25.8. The number of hydrogen-bond acceptors (Lipinski definition) is 6. The quantitative estimate of drug-likeness (QED) is 0.777. The third-order valence-electron chi connectivity index (χ3n) is 4.06. The maximum Gasteiger partial charge on any atom is 0.411 e. The molecule has 1 aromatic rings. The summed E-state index contributed by atoms with van der Waals surface area (Å²) < 4.78 is 37.8. The number of amides is 1. The Morgan fingerprint density at radius 1 is 1.19 bits per heavy atom. The lowest BCUT2D eigenvalue weighted by molar-refractivity contribution is -0.145. The first-order valence-corrected chi connectivity index (χ1v) is 10.1. The first-order chi connectivity index (χ1) is 12.4.